The fraction of sp³-hybridized carbons (Fsp3) is 0.412. The van der Waals surface area contributed by atoms with Crippen LogP contribution in [0.1, 0.15) is 56.6 Å². The van der Waals surface area contributed by atoms with Crippen LogP contribution in [0.5, 0.6) is 5.75 Å². The SMILES string of the molecule is CCOc1ccc(N(CCCC(=O)N(Cc2ccc(Cl)c(Cl)c2)[C@@H](Cc2ccccc2)C(=O)NC2CCCC2)S(C)(=O)=O)cc1. The maximum absolute atomic E-state index is 14.1. The first kappa shape index (κ1) is 34.6. The van der Waals surface area contributed by atoms with E-state index in [0.717, 1.165) is 43.1 Å². The molecule has 4 rings (SSSR count). The van der Waals surface area contributed by atoms with Crippen LogP contribution in [-0.2, 0) is 32.6 Å². The third-order valence-corrected chi connectivity index (χ3v) is 9.83. The van der Waals surface area contributed by atoms with Gasteiger partial charge in [-0.1, -0.05) is 72.4 Å². The molecular formula is C34H41Cl2N3O5S. The molecule has 1 aliphatic carbocycles. The van der Waals surface area contributed by atoms with Crippen LogP contribution in [0.25, 0.3) is 0 Å². The lowest BCUT2D eigenvalue weighted by molar-refractivity contribution is -0.141. The van der Waals surface area contributed by atoms with E-state index in [1.165, 1.54) is 4.31 Å². The third kappa shape index (κ3) is 10.1. The monoisotopic (exact) mass is 673 g/mol. The summed E-state index contributed by atoms with van der Waals surface area (Å²) in [6.45, 7) is 2.61. The molecule has 0 bridgehead atoms. The summed E-state index contributed by atoms with van der Waals surface area (Å²) < 4.78 is 32.3. The molecule has 1 saturated carbocycles. The first-order valence-electron chi connectivity index (χ1n) is 15.3. The number of nitrogens with one attached hydrogen (secondary N) is 1. The zero-order chi connectivity index (χ0) is 32.4. The van der Waals surface area contributed by atoms with Crippen LogP contribution in [0.3, 0.4) is 0 Å². The molecule has 45 heavy (non-hydrogen) atoms. The number of sulfonamides is 1. The number of benzene rings is 3. The van der Waals surface area contributed by atoms with Gasteiger partial charge in [0.15, 0.2) is 0 Å². The van der Waals surface area contributed by atoms with Crippen molar-refractivity contribution >= 4 is 50.7 Å². The molecule has 1 fully saturated rings. The molecule has 2 amide bonds. The summed E-state index contributed by atoms with van der Waals surface area (Å²) in [5.74, 6) is 0.179. The Bertz CT molecular complexity index is 1530. The molecule has 3 aromatic rings. The Kier molecular flexibility index (Phi) is 12.6. The van der Waals surface area contributed by atoms with Gasteiger partial charge >= 0.3 is 0 Å². The highest BCUT2D eigenvalue weighted by atomic mass is 35.5. The molecule has 0 radical (unpaired) electrons. The standard InChI is InChI=1S/C34H41Cl2N3O5S/c1-3-44-29-18-16-28(17-19-29)39(45(2,42)43)21-9-14-33(40)38(24-26-15-20-30(35)31(36)22-26)32(23-25-10-5-4-6-11-25)34(41)37-27-12-7-8-13-27/h4-6,10-11,15-20,22,27,32H,3,7-9,12-14,21,23-24H2,1-2H3,(H,37,41)/t32-/m0/s1. The second-order valence-corrected chi connectivity index (χ2v) is 14.1. The number of nitrogens with zero attached hydrogens (tertiary/aromatic N) is 2. The van der Waals surface area contributed by atoms with E-state index in [2.05, 4.69) is 5.32 Å². The predicted molar refractivity (Wildman–Crippen MR) is 180 cm³/mol. The third-order valence-electron chi connectivity index (χ3n) is 7.90. The molecule has 1 aliphatic rings. The number of carbonyl (C=O) groups is 2. The average Bonchev–Trinajstić information content (AvgIpc) is 3.52. The second kappa shape index (κ2) is 16.3. The van der Waals surface area contributed by atoms with Crippen molar-refractivity contribution in [2.45, 2.75) is 70.5 Å². The van der Waals surface area contributed by atoms with Crippen LogP contribution in [-0.4, -0.2) is 56.6 Å². The number of halogens is 2. The van der Waals surface area contributed by atoms with Gasteiger partial charge in [0.05, 0.1) is 28.6 Å². The second-order valence-electron chi connectivity index (χ2n) is 11.3. The maximum atomic E-state index is 14.1. The molecule has 0 heterocycles. The van der Waals surface area contributed by atoms with Gasteiger partial charge < -0.3 is 15.0 Å². The van der Waals surface area contributed by atoms with Crippen molar-refractivity contribution in [3.63, 3.8) is 0 Å². The fourth-order valence-electron chi connectivity index (χ4n) is 5.64. The summed E-state index contributed by atoms with van der Waals surface area (Å²) in [5.41, 5.74) is 2.14. The number of amides is 2. The van der Waals surface area contributed by atoms with Crippen LogP contribution < -0.4 is 14.4 Å². The van der Waals surface area contributed by atoms with Crippen LogP contribution in [0.15, 0.2) is 72.8 Å². The van der Waals surface area contributed by atoms with Crippen LogP contribution in [0, 0.1) is 0 Å². The van der Waals surface area contributed by atoms with Crippen LogP contribution >= 0.6 is 23.2 Å². The predicted octanol–water partition coefficient (Wildman–Crippen LogP) is 6.64. The highest BCUT2D eigenvalue weighted by molar-refractivity contribution is 7.92. The highest BCUT2D eigenvalue weighted by Gasteiger charge is 2.32. The van der Waals surface area contributed by atoms with E-state index in [1.54, 1.807) is 47.4 Å². The maximum Gasteiger partial charge on any atom is 0.243 e. The molecule has 0 saturated heterocycles. The molecule has 1 N–H and O–H groups in total. The zero-order valence-electron chi connectivity index (χ0n) is 25.8. The Morgan fingerprint density at radius 3 is 2.27 bits per heavy atom. The summed E-state index contributed by atoms with van der Waals surface area (Å²) >= 11 is 12.5. The summed E-state index contributed by atoms with van der Waals surface area (Å²) in [7, 11) is -3.63. The van der Waals surface area contributed by atoms with Gasteiger partial charge in [0.2, 0.25) is 21.8 Å². The number of carbonyl (C=O) groups excluding carboxylic acids is 2. The molecule has 3 aromatic carbocycles. The summed E-state index contributed by atoms with van der Waals surface area (Å²) in [4.78, 5) is 29.5. The Balaban J connectivity index is 1.58. The summed E-state index contributed by atoms with van der Waals surface area (Å²) in [6.07, 6.45) is 5.70. The van der Waals surface area contributed by atoms with Gasteiger partial charge in [0.1, 0.15) is 11.8 Å². The number of ether oxygens (including phenoxy) is 1. The molecule has 11 heteroatoms. The van der Waals surface area contributed by atoms with Crippen molar-refractivity contribution in [3.05, 3.63) is 94.0 Å². The minimum atomic E-state index is -3.63. The van der Waals surface area contributed by atoms with Crippen molar-refractivity contribution < 1.29 is 22.7 Å². The van der Waals surface area contributed by atoms with Gasteiger partial charge in [-0.3, -0.25) is 13.9 Å². The van der Waals surface area contributed by atoms with E-state index in [0.29, 0.717) is 34.5 Å². The van der Waals surface area contributed by atoms with Gasteiger partial charge in [-0.2, -0.15) is 0 Å². The Hall–Kier alpha value is -3.27. The molecule has 0 unspecified atom stereocenters. The largest absolute Gasteiger partial charge is 0.494 e. The van der Waals surface area contributed by atoms with Crippen molar-refractivity contribution in [2.24, 2.45) is 0 Å². The fourth-order valence-corrected chi connectivity index (χ4v) is 6.92. The van der Waals surface area contributed by atoms with E-state index in [-0.39, 0.29) is 43.8 Å². The Labute approximate surface area is 276 Å². The van der Waals surface area contributed by atoms with Gasteiger partial charge in [-0.05, 0) is 73.7 Å². The topological polar surface area (TPSA) is 96.0 Å². The first-order valence-corrected chi connectivity index (χ1v) is 17.9. The van der Waals surface area contributed by atoms with E-state index in [9.17, 15) is 18.0 Å². The summed E-state index contributed by atoms with van der Waals surface area (Å²) in [5, 5.41) is 3.95. The quantitative estimate of drug-likeness (QED) is 0.195. The lowest BCUT2D eigenvalue weighted by Gasteiger charge is -2.33. The van der Waals surface area contributed by atoms with Crippen LogP contribution in [0.2, 0.25) is 10.0 Å². The molecule has 0 aromatic heterocycles. The molecule has 0 spiro atoms. The Morgan fingerprint density at radius 1 is 0.956 bits per heavy atom. The number of hydrogen-bond acceptors (Lipinski definition) is 5. The van der Waals surface area contributed by atoms with Crippen molar-refractivity contribution in [3.8, 4) is 5.75 Å². The molecule has 8 nitrogen and oxygen atoms in total. The van der Waals surface area contributed by atoms with Gasteiger partial charge in [0, 0.05) is 32.0 Å². The number of rotatable bonds is 15. The summed E-state index contributed by atoms with van der Waals surface area (Å²) in [6, 6.07) is 20.9. The number of anilines is 1. The van der Waals surface area contributed by atoms with Crippen molar-refractivity contribution in [1.82, 2.24) is 10.2 Å². The lowest BCUT2D eigenvalue weighted by Crippen LogP contribution is -2.52. The molecule has 1 atom stereocenters. The molecular weight excluding hydrogens is 633 g/mol. The lowest BCUT2D eigenvalue weighted by atomic mass is 10.0. The minimum Gasteiger partial charge on any atom is -0.494 e. The highest BCUT2D eigenvalue weighted by Crippen LogP contribution is 2.26. The average molecular weight is 675 g/mol. The first-order chi connectivity index (χ1) is 21.5. The normalized spacial score (nSPS) is 14.1. The molecule has 242 valence electrons. The Morgan fingerprint density at radius 2 is 1.64 bits per heavy atom. The molecule has 0 aliphatic heterocycles. The van der Waals surface area contributed by atoms with Gasteiger partial charge in [-0.25, -0.2) is 8.42 Å². The van der Waals surface area contributed by atoms with E-state index < -0.39 is 16.1 Å². The van der Waals surface area contributed by atoms with Gasteiger partial charge in [0.25, 0.3) is 0 Å². The number of hydrogen-bond donors (Lipinski definition) is 1. The zero-order valence-corrected chi connectivity index (χ0v) is 28.1. The smallest absolute Gasteiger partial charge is 0.243 e. The van der Waals surface area contributed by atoms with E-state index >= 15 is 0 Å². The minimum absolute atomic E-state index is 0.0341. The van der Waals surface area contributed by atoms with Crippen molar-refractivity contribution in [2.75, 3.05) is 23.7 Å². The van der Waals surface area contributed by atoms with E-state index in [1.807, 2.05) is 37.3 Å². The van der Waals surface area contributed by atoms with Crippen molar-refractivity contribution in [1.29, 1.82) is 0 Å². The van der Waals surface area contributed by atoms with Gasteiger partial charge in [-0.15, -0.1) is 0 Å². The van der Waals surface area contributed by atoms with Crippen LogP contribution in [0.4, 0.5) is 5.69 Å². The van der Waals surface area contributed by atoms with E-state index in [4.69, 9.17) is 27.9 Å².